The van der Waals surface area contributed by atoms with Gasteiger partial charge in [-0.25, -0.2) is 0 Å². The Bertz CT molecular complexity index is 693. The lowest BCUT2D eigenvalue weighted by Gasteiger charge is -2.32. The van der Waals surface area contributed by atoms with Gasteiger partial charge in [0.2, 0.25) is 0 Å². The predicted octanol–water partition coefficient (Wildman–Crippen LogP) is 4.18. The van der Waals surface area contributed by atoms with E-state index in [2.05, 4.69) is 0 Å². The zero-order valence-corrected chi connectivity index (χ0v) is 16.5. The Morgan fingerprint density at radius 2 is 1.64 bits per heavy atom. The molecule has 0 bridgehead atoms. The third-order valence-electron chi connectivity index (χ3n) is 4.68. The molecule has 0 amide bonds. The quantitative estimate of drug-likeness (QED) is 0.582. The first kappa shape index (κ1) is 20.0. The summed E-state index contributed by atoms with van der Waals surface area (Å²) in [5, 5.41) is 0.0299. The van der Waals surface area contributed by atoms with Gasteiger partial charge in [0, 0.05) is 18.2 Å². The Labute approximate surface area is 154 Å². The van der Waals surface area contributed by atoms with Crippen molar-refractivity contribution in [2.24, 2.45) is 0 Å². The molecule has 0 N–H and O–H groups in total. The zero-order chi connectivity index (χ0) is 18.8. The number of benzene rings is 1. The minimum Gasteiger partial charge on any atom is -0.400 e. The van der Waals surface area contributed by atoms with E-state index in [-0.39, 0.29) is 10.9 Å². The van der Waals surface area contributed by atoms with Crippen LogP contribution in [0.3, 0.4) is 0 Å². The van der Waals surface area contributed by atoms with Gasteiger partial charge in [-0.15, -0.1) is 0 Å². The minimum absolute atomic E-state index is 0.000612. The molecule has 0 unspecified atom stereocenters. The Hall–Kier alpha value is -1.37. The SMILES string of the molecule is CC(=O)SCC(=Cc1ccccc1C(C)=O)B1OC(C)(C)C(C)(C)O1. The number of carbonyl (C=O) groups is 2. The average Bonchev–Trinajstić information content (AvgIpc) is 2.71. The number of Topliss-reactive ketones (excluding diaryl/α,β-unsaturated/α-hetero) is 1. The van der Waals surface area contributed by atoms with E-state index < -0.39 is 18.3 Å². The van der Waals surface area contributed by atoms with Gasteiger partial charge < -0.3 is 9.31 Å². The predicted molar refractivity (Wildman–Crippen MR) is 104 cm³/mol. The molecule has 4 nitrogen and oxygen atoms in total. The maximum atomic E-state index is 11.9. The van der Waals surface area contributed by atoms with Gasteiger partial charge in [0.25, 0.3) is 0 Å². The summed E-state index contributed by atoms with van der Waals surface area (Å²) >= 11 is 1.21. The van der Waals surface area contributed by atoms with Crippen LogP contribution in [0, 0.1) is 0 Å². The van der Waals surface area contributed by atoms with Crippen LogP contribution in [-0.2, 0) is 14.1 Å². The van der Waals surface area contributed by atoms with E-state index >= 15 is 0 Å². The minimum atomic E-state index is -0.545. The Morgan fingerprint density at radius 1 is 1.08 bits per heavy atom. The monoisotopic (exact) mass is 360 g/mol. The van der Waals surface area contributed by atoms with Crippen LogP contribution in [0.5, 0.6) is 0 Å². The van der Waals surface area contributed by atoms with Crippen molar-refractivity contribution in [3.63, 3.8) is 0 Å². The summed E-state index contributed by atoms with van der Waals surface area (Å²) < 4.78 is 12.3. The molecular weight excluding hydrogens is 335 g/mol. The molecule has 1 aromatic carbocycles. The molecule has 25 heavy (non-hydrogen) atoms. The van der Waals surface area contributed by atoms with E-state index in [1.807, 2.05) is 52.0 Å². The lowest BCUT2D eigenvalue weighted by atomic mass is 9.78. The van der Waals surface area contributed by atoms with E-state index in [1.165, 1.54) is 18.7 Å². The Kier molecular flexibility index (Phi) is 5.97. The highest BCUT2D eigenvalue weighted by Gasteiger charge is 2.52. The number of hydrogen-bond acceptors (Lipinski definition) is 5. The molecule has 1 aliphatic rings. The van der Waals surface area contributed by atoms with Gasteiger partial charge in [0.15, 0.2) is 10.9 Å². The lowest BCUT2D eigenvalue weighted by molar-refractivity contribution is -0.109. The molecule has 1 aromatic rings. The van der Waals surface area contributed by atoms with E-state index in [1.54, 1.807) is 13.0 Å². The summed E-state index contributed by atoms with van der Waals surface area (Å²) in [4.78, 5) is 23.3. The third kappa shape index (κ3) is 4.63. The molecule has 6 heteroatoms. The van der Waals surface area contributed by atoms with Gasteiger partial charge in [0.1, 0.15) is 0 Å². The van der Waals surface area contributed by atoms with Crippen LogP contribution in [0.15, 0.2) is 29.7 Å². The molecule has 1 heterocycles. The van der Waals surface area contributed by atoms with Gasteiger partial charge in [-0.2, -0.15) is 0 Å². The fourth-order valence-electron chi connectivity index (χ4n) is 2.50. The van der Waals surface area contributed by atoms with Crippen molar-refractivity contribution in [3.05, 3.63) is 40.9 Å². The number of rotatable bonds is 5. The normalized spacial score (nSPS) is 19.1. The molecule has 0 saturated carbocycles. The highest BCUT2D eigenvalue weighted by molar-refractivity contribution is 8.13. The van der Waals surface area contributed by atoms with Crippen LogP contribution in [0.2, 0.25) is 0 Å². The Morgan fingerprint density at radius 3 is 2.16 bits per heavy atom. The van der Waals surface area contributed by atoms with E-state index in [9.17, 15) is 9.59 Å². The van der Waals surface area contributed by atoms with Gasteiger partial charge in [-0.3, -0.25) is 9.59 Å². The second-order valence-electron chi connectivity index (χ2n) is 7.23. The van der Waals surface area contributed by atoms with Crippen molar-refractivity contribution < 1.29 is 18.9 Å². The smallest absolute Gasteiger partial charge is 0.400 e. The Balaban J connectivity index is 2.41. The molecule has 0 aromatic heterocycles. The van der Waals surface area contributed by atoms with Gasteiger partial charge >= 0.3 is 7.12 Å². The second-order valence-corrected chi connectivity index (χ2v) is 8.38. The van der Waals surface area contributed by atoms with E-state index in [4.69, 9.17) is 9.31 Å². The number of hydrogen-bond donors (Lipinski definition) is 0. The van der Waals surface area contributed by atoms with Crippen LogP contribution < -0.4 is 0 Å². The summed E-state index contributed by atoms with van der Waals surface area (Å²) in [6.07, 6.45) is 1.91. The summed E-state index contributed by atoms with van der Waals surface area (Å²) in [5.74, 6) is 0.456. The average molecular weight is 360 g/mol. The van der Waals surface area contributed by atoms with Crippen molar-refractivity contribution in [3.8, 4) is 0 Å². The maximum Gasteiger partial charge on any atom is 0.491 e. The molecule has 1 fully saturated rings. The van der Waals surface area contributed by atoms with Crippen molar-refractivity contribution >= 4 is 35.9 Å². The molecule has 134 valence electrons. The second kappa shape index (κ2) is 7.48. The van der Waals surface area contributed by atoms with Crippen LogP contribution in [0.1, 0.15) is 57.5 Å². The molecule has 0 aliphatic carbocycles. The van der Waals surface area contributed by atoms with Gasteiger partial charge in [-0.1, -0.05) is 42.1 Å². The number of carbonyl (C=O) groups excluding carboxylic acids is 2. The number of ketones is 1. The van der Waals surface area contributed by atoms with Crippen LogP contribution in [0.25, 0.3) is 6.08 Å². The maximum absolute atomic E-state index is 11.9. The topological polar surface area (TPSA) is 52.6 Å². The highest BCUT2D eigenvalue weighted by atomic mass is 32.2. The van der Waals surface area contributed by atoms with Gasteiger partial charge in [-0.05, 0) is 45.7 Å². The molecule has 1 aliphatic heterocycles. The molecule has 0 radical (unpaired) electrons. The first-order valence-electron chi connectivity index (χ1n) is 8.33. The summed E-state index contributed by atoms with van der Waals surface area (Å²) in [7, 11) is -0.545. The summed E-state index contributed by atoms with van der Waals surface area (Å²) in [6, 6.07) is 7.42. The number of thioether (sulfide) groups is 1. The lowest BCUT2D eigenvalue weighted by Crippen LogP contribution is -2.41. The van der Waals surface area contributed by atoms with Crippen molar-refractivity contribution in [2.75, 3.05) is 5.75 Å². The molecular formula is C19H25BO4S. The molecule has 2 rings (SSSR count). The van der Waals surface area contributed by atoms with Crippen LogP contribution in [0.4, 0.5) is 0 Å². The fraction of sp³-hybridized carbons (Fsp3) is 0.474. The van der Waals surface area contributed by atoms with Gasteiger partial charge in [0.05, 0.1) is 11.2 Å². The zero-order valence-electron chi connectivity index (χ0n) is 15.7. The first-order chi connectivity index (χ1) is 11.5. The molecule has 1 saturated heterocycles. The largest absolute Gasteiger partial charge is 0.491 e. The molecule has 0 spiro atoms. The molecule has 0 atom stereocenters. The van der Waals surface area contributed by atoms with E-state index in [0.717, 1.165) is 11.0 Å². The fourth-order valence-corrected chi connectivity index (χ4v) is 3.09. The summed E-state index contributed by atoms with van der Waals surface area (Å²) in [5.41, 5.74) is 1.37. The third-order valence-corrected chi connectivity index (χ3v) is 5.56. The highest BCUT2D eigenvalue weighted by Crippen LogP contribution is 2.39. The first-order valence-corrected chi connectivity index (χ1v) is 9.31. The van der Waals surface area contributed by atoms with Crippen molar-refractivity contribution in [2.45, 2.75) is 52.7 Å². The van der Waals surface area contributed by atoms with E-state index in [0.29, 0.717) is 11.3 Å². The standard InChI is InChI=1S/C19H25BO4S/c1-13(21)17-10-8-7-9-15(17)11-16(12-25-14(2)22)20-23-18(3,4)19(5,6)24-20/h7-11H,12H2,1-6H3. The van der Waals surface area contributed by atoms with Crippen LogP contribution in [-0.4, -0.2) is 35.0 Å². The van der Waals surface area contributed by atoms with Crippen LogP contribution >= 0.6 is 11.8 Å². The summed E-state index contributed by atoms with van der Waals surface area (Å²) in [6.45, 7) is 11.1. The van der Waals surface area contributed by atoms with Crippen molar-refractivity contribution in [1.82, 2.24) is 0 Å². The van der Waals surface area contributed by atoms with Crippen molar-refractivity contribution in [1.29, 1.82) is 0 Å².